The van der Waals surface area contributed by atoms with Gasteiger partial charge in [-0.15, -0.1) is 0 Å². The molecule has 1 saturated carbocycles. The molecule has 0 aromatic heterocycles. The van der Waals surface area contributed by atoms with Crippen LogP contribution in [0, 0.1) is 17.8 Å². The molecule has 2 nitrogen and oxygen atoms in total. The van der Waals surface area contributed by atoms with Crippen molar-refractivity contribution in [1.82, 2.24) is 0 Å². The number of nitrogens with one attached hydrogen (secondary N) is 1. The highest BCUT2D eigenvalue weighted by molar-refractivity contribution is 7.73. The zero-order valence-corrected chi connectivity index (χ0v) is 16.5. The van der Waals surface area contributed by atoms with Gasteiger partial charge in [-0.3, -0.25) is 4.57 Å². The van der Waals surface area contributed by atoms with Gasteiger partial charge in [0, 0.05) is 16.7 Å². The summed E-state index contributed by atoms with van der Waals surface area (Å²) in [4.78, 5) is 0. The van der Waals surface area contributed by atoms with Crippen LogP contribution in [0.2, 0.25) is 0 Å². The summed E-state index contributed by atoms with van der Waals surface area (Å²) in [6.45, 7) is 6.87. The van der Waals surface area contributed by atoms with E-state index in [0.717, 1.165) is 17.4 Å². The first-order valence-electron chi connectivity index (χ1n) is 9.49. The number of hydrogen-bond acceptors (Lipinski definition) is 1. The molecule has 2 aromatic rings. The lowest BCUT2D eigenvalue weighted by molar-refractivity contribution is 0.237. The zero-order chi connectivity index (χ0) is 17.9. The van der Waals surface area contributed by atoms with Crippen LogP contribution >= 0.6 is 7.29 Å². The molecule has 1 N–H and O–H groups in total. The average molecular weight is 355 g/mol. The van der Waals surface area contributed by atoms with E-state index < -0.39 is 7.29 Å². The van der Waals surface area contributed by atoms with Gasteiger partial charge >= 0.3 is 0 Å². The Morgan fingerprint density at radius 3 is 2.16 bits per heavy atom. The fourth-order valence-corrected chi connectivity index (χ4v) is 7.78. The van der Waals surface area contributed by atoms with Gasteiger partial charge in [0.15, 0.2) is 0 Å². The predicted octanol–water partition coefficient (Wildman–Crippen LogP) is 6.16. The summed E-state index contributed by atoms with van der Waals surface area (Å²) in [7, 11) is -2.77. The van der Waals surface area contributed by atoms with E-state index in [2.05, 4.69) is 25.9 Å². The Labute approximate surface area is 152 Å². The van der Waals surface area contributed by atoms with Crippen LogP contribution < -0.4 is 10.4 Å². The molecule has 1 aliphatic rings. The SMILES string of the molecule is CC(C)[C@H]1CC[C@H](C)C[C@H]1[P@](=O)(Nc1ccccc1)c1ccccc1. The molecule has 0 unspecified atom stereocenters. The Hall–Kier alpha value is -1.53. The molecule has 0 radical (unpaired) electrons. The van der Waals surface area contributed by atoms with E-state index in [1.807, 2.05) is 60.7 Å². The molecule has 134 valence electrons. The maximum Gasteiger partial charge on any atom is 0.201 e. The molecule has 2 aromatic carbocycles. The second-order valence-corrected chi connectivity index (χ2v) is 10.6. The second kappa shape index (κ2) is 7.79. The van der Waals surface area contributed by atoms with Crippen molar-refractivity contribution in [3.8, 4) is 0 Å². The Bertz CT molecular complexity index is 713. The van der Waals surface area contributed by atoms with Crippen LogP contribution in [-0.4, -0.2) is 5.66 Å². The van der Waals surface area contributed by atoms with Crippen molar-refractivity contribution >= 4 is 18.3 Å². The summed E-state index contributed by atoms with van der Waals surface area (Å²) in [5, 5.41) is 4.46. The van der Waals surface area contributed by atoms with E-state index >= 15 is 0 Å². The zero-order valence-electron chi connectivity index (χ0n) is 15.6. The van der Waals surface area contributed by atoms with Crippen molar-refractivity contribution in [3.05, 3.63) is 60.7 Å². The van der Waals surface area contributed by atoms with Crippen LogP contribution in [0.15, 0.2) is 60.7 Å². The molecule has 1 fully saturated rings. The quantitative estimate of drug-likeness (QED) is 0.651. The van der Waals surface area contributed by atoms with Gasteiger partial charge in [-0.1, -0.05) is 63.6 Å². The molecular weight excluding hydrogens is 325 g/mol. The van der Waals surface area contributed by atoms with Crippen molar-refractivity contribution in [2.45, 2.75) is 45.7 Å². The van der Waals surface area contributed by atoms with E-state index in [4.69, 9.17) is 0 Å². The summed E-state index contributed by atoms with van der Waals surface area (Å²) in [6.07, 6.45) is 3.46. The summed E-state index contributed by atoms with van der Waals surface area (Å²) < 4.78 is 14.5. The third kappa shape index (κ3) is 4.01. The minimum atomic E-state index is -2.77. The Morgan fingerprint density at radius 2 is 1.56 bits per heavy atom. The van der Waals surface area contributed by atoms with Gasteiger partial charge in [0.1, 0.15) is 0 Å². The van der Waals surface area contributed by atoms with Gasteiger partial charge in [0.2, 0.25) is 7.29 Å². The van der Waals surface area contributed by atoms with Crippen LogP contribution in [0.3, 0.4) is 0 Å². The predicted molar refractivity (Wildman–Crippen MR) is 109 cm³/mol. The van der Waals surface area contributed by atoms with E-state index in [0.29, 0.717) is 17.8 Å². The van der Waals surface area contributed by atoms with E-state index in [-0.39, 0.29) is 5.66 Å². The largest absolute Gasteiger partial charge is 0.333 e. The molecule has 0 amide bonds. The molecule has 1 aliphatic carbocycles. The van der Waals surface area contributed by atoms with Crippen molar-refractivity contribution in [3.63, 3.8) is 0 Å². The molecule has 3 heteroatoms. The van der Waals surface area contributed by atoms with Crippen LogP contribution in [0.4, 0.5) is 5.69 Å². The first-order chi connectivity index (χ1) is 12.0. The Balaban J connectivity index is 2.05. The van der Waals surface area contributed by atoms with Gasteiger partial charge in [0.05, 0.1) is 0 Å². The number of benzene rings is 2. The van der Waals surface area contributed by atoms with Crippen molar-refractivity contribution < 1.29 is 4.57 Å². The molecule has 0 heterocycles. The maximum atomic E-state index is 14.5. The Kier molecular flexibility index (Phi) is 5.69. The summed E-state index contributed by atoms with van der Waals surface area (Å²) in [6, 6.07) is 20.1. The lowest BCUT2D eigenvalue weighted by Gasteiger charge is -2.42. The first-order valence-corrected chi connectivity index (χ1v) is 11.3. The summed E-state index contributed by atoms with van der Waals surface area (Å²) in [5.41, 5.74) is 1.15. The normalized spacial score (nSPS) is 26.2. The monoisotopic (exact) mass is 355 g/mol. The van der Waals surface area contributed by atoms with Gasteiger partial charge in [-0.05, 0) is 54.9 Å². The third-order valence-corrected chi connectivity index (χ3v) is 8.85. The lowest BCUT2D eigenvalue weighted by atomic mass is 9.77. The van der Waals surface area contributed by atoms with Crippen molar-refractivity contribution in [2.75, 3.05) is 5.09 Å². The fourth-order valence-electron chi connectivity index (χ4n) is 4.26. The lowest BCUT2D eigenvalue weighted by Crippen LogP contribution is -2.36. The standard InChI is InChI=1S/C22H30NOP/c1-17(2)21-15-14-18(3)16-22(21)25(24,20-12-8-5-9-13-20)23-19-10-6-4-7-11-19/h4-13,17-18,21-22H,14-16H2,1-3H3,(H,23,24)/t18-,21+,22+,25-/m0/s1. The molecule has 0 spiro atoms. The van der Waals surface area contributed by atoms with Gasteiger partial charge in [-0.2, -0.15) is 0 Å². The molecule has 0 saturated heterocycles. The minimum absolute atomic E-state index is 0.193. The van der Waals surface area contributed by atoms with Gasteiger partial charge in [-0.25, -0.2) is 0 Å². The highest BCUT2D eigenvalue weighted by atomic mass is 31.2. The van der Waals surface area contributed by atoms with E-state index in [1.54, 1.807) is 0 Å². The molecule has 4 atom stereocenters. The van der Waals surface area contributed by atoms with E-state index in [9.17, 15) is 4.57 Å². The number of anilines is 1. The number of hydrogen-bond donors (Lipinski definition) is 1. The smallest absolute Gasteiger partial charge is 0.201 e. The van der Waals surface area contributed by atoms with Crippen LogP contribution in [0.5, 0.6) is 0 Å². The third-order valence-electron chi connectivity index (χ3n) is 5.66. The highest BCUT2D eigenvalue weighted by Gasteiger charge is 2.43. The molecule has 25 heavy (non-hydrogen) atoms. The van der Waals surface area contributed by atoms with Crippen LogP contribution in [0.1, 0.15) is 40.0 Å². The minimum Gasteiger partial charge on any atom is -0.333 e. The number of rotatable bonds is 5. The fraction of sp³-hybridized carbons (Fsp3) is 0.455. The highest BCUT2D eigenvalue weighted by Crippen LogP contribution is 2.58. The topological polar surface area (TPSA) is 29.1 Å². The summed E-state index contributed by atoms with van der Waals surface area (Å²) >= 11 is 0. The molecule has 3 rings (SSSR count). The van der Waals surface area contributed by atoms with Crippen molar-refractivity contribution in [1.29, 1.82) is 0 Å². The van der Waals surface area contributed by atoms with Crippen molar-refractivity contribution in [2.24, 2.45) is 17.8 Å². The first kappa shape index (κ1) is 18.3. The maximum absolute atomic E-state index is 14.5. The molecule has 0 bridgehead atoms. The van der Waals surface area contributed by atoms with Crippen LogP contribution in [0.25, 0.3) is 0 Å². The Morgan fingerprint density at radius 1 is 0.960 bits per heavy atom. The van der Waals surface area contributed by atoms with E-state index in [1.165, 1.54) is 12.8 Å². The molecule has 0 aliphatic heterocycles. The molecular formula is C22H30NOP. The number of para-hydroxylation sites is 1. The summed E-state index contributed by atoms with van der Waals surface area (Å²) in [5.74, 6) is 1.68. The van der Waals surface area contributed by atoms with Gasteiger partial charge in [0.25, 0.3) is 0 Å². The van der Waals surface area contributed by atoms with Gasteiger partial charge < -0.3 is 5.09 Å². The average Bonchev–Trinajstić information content (AvgIpc) is 2.63. The van der Waals surface area contributed by atoms with Crippen LogP contribution in [-0.2, 0) is 4.57 Å². The second-order valence-electron chi connectivity index (χ2n) is 7.86.